The highest BCUT2D eigenvalue weighted by atomic mass is 35.5. The van der Waals surface area contributed by atoms with Crippen LogP contribution in [-0.4, -0.2) is 86.0 Å². The standard InChI is InChI=1S/C22H24B6ClF2N3O4/c23-14(34(28)19(38)22(30,31)11-2-4-12(29)5-3-11)9-1-6-13-10(7-9)8-33(15(13)35)21(27)16(24)20(25,26)17(36)32-18(21)37/h1-7,14,16H,8,23-28H2,(H,32,36,37). The van der Waals surface area contributed by atoms with E-state index in [-0.39, 0.29) is 17.5 Å². The van der Waals surface area contributed by atoms with Gasteiger partial charge >= 0.3 is 5.92 Å². The van der Waals surface area contributed by atoms with Gasteiger partial charge in [-0.25, -0.2) is 0 Å². The van der Waals surface area contributed by atoms with E-state index in [0.717, 1.165) is 16.9 Å². The van der Waals surface area contributed by atoms with Gasteiger partial charge in [-0.05, 0) is 40.4 Å². The molecule has 2 aliphatic rings. The molecule has 0 bridgehead atoms. The van der Waals surface area contributed by atoms with Gasteiger partial charge in [0.15, 0.2) is 0 Å². The number of hydrogen-bond donors (Lipinski definition) is 1. The van der Waals surface area contributed by atoms with Crippen molar-refractivity contribution >= 4 is 82.4 Å². The highest BCUT2D eigenvalue weighted by Crippen LogP contribution is 2.47. The number of hydrogen-bond acceptors (Lipinski definition) is 4. The molecule has 2 aromatic rings. The molecule has 0 aliphatic carbocycles. The summed E-state index contributed by atoms with van der Waals surface area (Å²) in [6.07, 6.45) is 0. The molecule has 4 rings (SSSR count). The summed E-state index contributed by atoms with van der Waals surface area (Å²) in [5.41, 5.74) is -0.191. The number of carbonyl (C=O) groups is 4. The fourth-order valence-corrected chi connectivity index (χ4v) is 5.35. The summed E-state index contributed by atoms with van der Waals surface area (Å²) in [5.74, 6) is -7.65. The van der Waals surface area contributed by atoms with E-state index in [4.69, 9.17) is 11.6 Å². The van der Waals surface area contributed by atoms with Gasteiger partial charge in [0.25, 0.3) is 11.8 Å². The highest BCUT2D eigenvalue weighted by Gasteiger charge is 2.58. The molecule has 4 amide bonds. The molecule has 16 heteroatoms. The largest absolute Gasteiger partial charge is 0.389 e. The lowest BCUT2D eigenvalue weighted by molar-refractivity contribution is -0.154. The van der Waals surface area contributed by atoms with Gasteiger partial charge in [-0.2, -0.15) is 8.78 Å². The van der Waals surface area contributed by atoms with Gasteiger partial charge < -0.3 is 9.71 Å². The van der Waals surface area contributed by atoms with Crippen molar-refractivity contribution in [3.8, 4) is 0 Å². The molecule has 0 aromatic heterocycles. The quantitative estimate of drug-likeness (QED) is 0.326. The maximum Gasteiger partial charge on any atom is 0.348 e. The molecule has 0 spiro atoms. The summed E-state index contributed by atoms with van der Waals surface area (Å²) in [4.78, 5) is 54.1. The topological polar surface area (TPSA) is 86.8 Å². The number of nitrogens with one attached hydrogen (secondary N) is 1. The highest BCUT2D eigenvalue weighted by molar-refractivity contribution is 6.58. The van der Waals surface area contributed by atoms with Crippen LogP contribution in [0, 0.1) is 0 Å². The molecule has 2 aliphatic heterocycles. The van der Waals surface area contributed by atoms with Gasteiger partial charge in [0.1, 0.15) is 39.2 Å². The molecule has 1 saturated heterocycles. The first kappa shape index (κ1) is 28.1. The number of piperidine rings is 1. The summed E-state index contributed by atoms with van der Waals surface area (Å²) in [6.45, 7) is 0.103. The molecule has 38 heavy (non-hydrogen) atoms. The van der Waals surface area contributed by atoms with Crippen molar-refractivity contribution in [1.29, 1.82) is 0 Å². The maximum atomic E-state index is 15.0. The molecule has 7 nitrogen and oxygen atoms in total. The Hall–Kier alpha value is -2.94. The smallest absolute Gasteiger partial charge is 0.348 e. The van der Waals surface area contributed by atoms with Gasteiger partial charge in [0.2, 0.25) is 19.8 Å². The van der Waals surface area contributed by atoms with Crippen molar-refractivity contribution in [2.75, 3.05) is 0 Å². The van der Waals surface area contributed by atoms with Gasteiger partial charge in [0.05, 0.1) is 5.44 Å². The van der Waals surface area contributed by atoms with Crippen LogP contribution in [-0.2, 0) is 26.9 Å². The van der Waals surface area contributed by atoms with Crippen molar-refractivity contribution in [3.63, 3.8) is 0 Å². The lowest BCUT2D eigenvalue weighted by atomic mass is 9.35. The van der Waals surface area contributed by atoms with Crippen LogP contribution in [0.4, 0.5) is 8.78 Å². The molecule has 2 aromatic carbocycles. The van der Waals surface area contributed by atoms with Gasteiger partial charge in [-0.1, -0.05) is 35.9 Å². The SMILES string of the molecule is BC(c1ccc2c(c1)CN(C1(B)C(=O)NC(=O)C(B)(B)C1B)C2=O)N(B)C(=O)C(F)(F)c1ccc(Cl)cc1. The Bertz CT molecular complexity index is 1370. The third-order valence-corrected chi connectivity index (χ3v) is 8.80. The molecule has 3 atom stereocenters. The zero-order chi connectivity index (χ0) is 28.4. The molecule has 2 heterocycles. The normalized spacial score (nSPS) is 23.5. The van der Waals surface area contributed by atoms with Gasteiger partial charge in [-0.15, -0.1) is 0 Å². The zero-order valence-electron chi connectivity index (χ0n) is 22.1. The van der Waals surface area contributed by atoms with E-state index in [1.807, 2.05) is 0 Å². The number of fused-ring (bicyclic) bond motifs is 1. The molecule has 190 valence electrons. The van der Waals surface area contributed by atoms with E-state index in [1.54, 1.807) is 57.4 Å². The fourth-order valence-electron chi connectivity index (χ4n) is 5.22. The Morgan fingerprint density at radius 3 is 2.32 bits per heavy atom. The average Bonchev–Trinajstić information content (AvgIpc) is 3.21. The molecular formula is C22H24B6ClF2N3O4. The lowest BCUT2D eigenvalue weighted by Gasteiger charge is -2.51. The summed E-state index contributed by atoms with van der Waals surface area (Å²) in [6, 6.07) is 9.75. The Labute approximate surface area is 229 Å². The first-order valence-corrected chi connectivity index (χ1v) is 12.6. The van der Waals surface area contributed by atoms with Crippen LogP contribution in [0.1, 0.15) is 33.0 Å². The van der Waals surface area contributed by atoms with Crippen LogP contribution in [0.5, 0.6) is 0 Å². The van der Waals surface area contributed by atoms with Crippen molar-refractivity contribution < 1.29 is 28.0 Å². The number of amides is 4. The molecule has 0 radical (unpaired) electrons. The van der Waals surface area contributed by atoms with Crippen molar-refractivity contribution in [2.24, 2.45) is 0 Å². The second-order valence-electron chi connectivity index (χ2n) is 10.9. The fraction of sp³-hybridized carbons (Fsp3) is 0.273. The Kier molecular flexibility index (Phi) is 6.92. The maximum absolute atomic E-state index is 15.0. The molecular weight excluding hydrogens is 509 g/mol. The number of benzene rings is 2. The molecule has 1 fully saturated rings. The summed E-state index contributed by atoms with van der Waals surface area (Å²) < 4.78 is 30.0. The number of rotatable bonds is 5. The second-order valence-corrected chi connectivity index (χ2v) is 11.3. The van der Waals surface area contributed by atoms with Crippen LogP contribution in [0.15, 0.2) is 42.5 Å². The van der Waals surface area contributed by atoms with Crippen LogP contribution in [0.2, 0.25) is 16.1 Å². The number of nitrogens with zero attached hydrogens (tertiary/aromatic N) is 2. The average molecular weight is 533 g/mol. The van der Waals surface area contributed by atoms with E-state index >= 15 is 0 Å². The van der Waals surface area contributed by atoms with Gasteiger partial charge in [-0.3, -0.25) is 24.5 Å². The van der Waals surface area contributed by atoms with E-state index in [2.05, 4.69) is 5.32 Å². The van der Waals surface area contributed by atoms with Crippen LogP contribution in [0.25, 0.3) is 0 Å². The van der Waals surface area contributed by atoms with Crippen LogP contribution >= 0.6 is 11.6 Å². The first-order valence-electron chi connectivity index (χ1n) is 12.3. The minimum absolute atomic E-state index is 0.103. The van der Waals surface area contributed by atoms with Crippen molar-refractivity contribution in [1.82, 2.24) is 15.0 Å². The summed E-state index contributed by atoms with van der Waals surface area (Å²) in [7, 11) is 9.82. The van der Waals surface area contributed by atoms with E-state index in [1.165, 1.54) is 25.0 Å². The minimum Gasteiger partial charge on any atom is -0.389 e. The predicted octanol–water partition coefficient (Wildman–Crippen LogP) is -3.11. The first-order chi connectivity index (χ1) is 17.5. The second kappa shape index (κ2) is 9.36. The lowest BCUT2D eigenvalue weighted by Crippen LogP contribution is -2.70. The third-order valence-electron chi connectivity index (χ3n) is 8.55. The summed E-state index contributed by atoms with van der Waals surface area (Å²) in [5, 5.41) is 1.80. The number of carbonyl (C=O) groups excluding carboxylic acids is 4. The van der Waals surface area contributed by atoms with E-state index in [9.17, 15) is 28.0 Å². The summed E-state index contributed by atoms with van der Waals surface area (Å²) >= 11 is 5.79. The number of imide groups is 1. The van der Waals surface area contributed by atoms with Gasteiger partial charge in [0, 0.05) is 28.6 Å². The van der Waals surface area contributed by atoms with E-state index < -0.39 is 51.6 Å². The van der Waals surface area contributed by atoms with Crippen molar-refractivity contribution in [2.45, 2.75) is 34.9 Å². The van der Waals surface area contributed by atoms with Crippen molar-refractivity contribution in [3.05, 3.63) is 69.7 Å². The van der Waals surface area contributed by atoms with Crippen LogP contribution < -0.4 is 5.32 Å². The number of alkyl halides is 2. The zero-order valence-corrected chi connectivity index (χ0v) is 22.8. The monoisotopic (exact) mass is 533 g/mol. The predicted molar refractivity (Wildman–Crippen MR) is 155 cm³/mol. The van der Waals surface area contributed by atoms with E-state index in [0.29, 0.717) is 16.7 Å². The Morgan fingerprint density at radius 2 is 1.71 bits per heavy atom. The Morgan fingerprint density at radius 1 is 1.11 bits per heavy atom. The third kappa shape index (κ3) is 4.19. The molecule has 3 unspecified atom stereocenters. The minimum atomic E-state index is -3.76. The Balaban J connectivity index is 1.60. The van der Waals surface area contributed by atoms with Crippen LogP contribution in [0.3, 0.4) is 0 Å². The molecule has 0 saturated carbocycles. The molecule has 1 N–H and O–H groups in total. The number of halogens is 3.